The third kappa shape index (κ3) is 8.06. The third-order valence-corrected chi connectivity index (χ3v) is 31.7. The monoisotopic (exact) mass is 1000 g/mol. The van der Waals surface area contributed by atoms with Crippen LogP contribution in [0.3, 0.4) is 0 Å². The van der Waals surface area contributed by atoms with Crippen molar-refractivity contribution in [2.75, 3.05) is 0 Å². The summed E-state index contributed by atoms with van der Waals surface area (Å²) in [5.41, 5.74) is 26.1. The molecule has 0 N–H and O–H groups in total. The average Bonchev–Trinajstić information content (AvgIpc) is 4.07. The number of fused-ring (bicyclic) bond motifs is 2. The molecule has 10 rings (SSSR count). The van der Waals surface area contributed by atoms with Crippen LogP contribution in [0.2, 0.25) is 9.26 Å². The summed E-state index contributed by atoms with van der Waals surface area (Å²) in [5, 5.41) is 0. The summed E-state index contributed by atoms with van der Waals surface area (Å²) in [6, 6.07) is 49.1. The quantitative estimate of drug-likeness (QED) is 0.142. The molecule has 0 amide bonds. The largest absolute Gasteiger partial charge is 0.147 e. The van der Waals surface area contributed by atoms with Gasteiger partial charge in [-0.3, -0.25) is 0 Å². The number of hydrogen-bond acceptors (Lipinski definition) is 2. The van der Waals surface area contributed by atoms with E-state index < -0.39 is 17.4 Å². The van der Waals surface area contributed by atoms with E-state index >= 15 is 0 Å². The van der Waals surface area contributed by atoms with E-state index in [2.05, 4.69) is 217 Å². The zero-order valence-corrected chi connectivity index (χ0v) is 45.4. The van der Waals surface area contributed by atoms with Gasteiger partial charge in [0.25, 0.3) is 0 Å². The molecule has 0 spiro atoms. The number of rotatable bonds is 8. The van der Waals surface area contributed by atoms with E-state index in [4.69, 9.17) is 8.83 Å². The molecule has 2 atom stereocenters. The van der Waals surface area contributed by atoms with Gasteiger partial charge in [0.2, 0.25) is 0 Å². The van der Waals surface area contributed by atoms with Gasteiger partial charge in [0.15, 0.2) is 0 Å². The Balaban J connectivity index is 0.00000296. The van der Waals surface area contributed by atoms with Crippen LogP contribution in [0.25, 0.3) is 68.2 Å². The van der Waals surface area contributed by atoms with Gasteiger partial charge in [0.05, 0.1) is 0 Å². The van der Waals surface area contributed by atoms with Crippen LogP contribution in [0.1, 0.15) is 85.5 Å². The van der Waals surface area contributed by atoms with Gasteiger partial charge >= 0.3 is 385 Å². The maximum absolute atomic E-state index is 7.06. The first-order chi connectivity index (χ1) is 30.5. The Hall–Kier alpha value is -4.96. The molecule has 0 bridgehead atoms. The van der Waals surface area contributed by atoms with Crippen molar-refractivity contribution in [3.63, 3.8) is 0 Å². The Morgan fingerprint density at radius 3 is 1.09 bits per heavy atom. The summed E-state index contributed by atoms with van der Waals surface area (Å²) >= 11 is -4.45. The molecule has 6 heteroatoms. The molecule has 0 saturated carbocycles. The van der Waals surface area contributed by atoms with E-state index in [-0.39, 0.29) is 32.1 Å². The molecule has 6 aromatic carbocycles. The Labute approximate surface area is 406 Å². The average molecular weight is 1000 g/mol. The standard InChI is InChI=1S/2C29H25O.2CH3.2ClH.H2Si.Zr/c2*1-18-12-19(2)14-25(13-18)29-21(4)20(3)15-23-16-24(17-26(23)29)28-11-10-27(30-28)22-8-6-5-7-9-22;;;;;;/h2*5-17H,1-4H3;2*1H3;2*1H;1H2;. The summed E-state index contributed by atoms with van der Waals surface area (Å²) in [7, 11) is 0. The van der Waals surface area contributed by atoms with Crippen molar-refractivity contribution in [2.24, 2.45) is 0 Å². The number of furan rings is 2. The Morgan fingerprint density at radius 1 is 0.409 bits per heavy atom. The van der Waals surface area contributed by atoms with Gasteiger partial charge in [0.1, 0.15) is 0 Å². The summed E-state index contributed by atoms with van der Waals surface area (Å²) in [6.07, 6.45) is 5.06. The maximum atomic E-state index is 7.06. The Kier molecular flexibility index (Phi) is 12.7. The van der Waals surface area contributed by atoms with Crippen LogP contribution in [0, 0.1) is 55.4 Å². The minimum atomic E-state index is -4.45. The number of hydrogen-bond donors (Lipinski definition) is 0. The minimum absolute atomic E-state index is 0. The fourth-order valence-electron chi connectivity index (χ4n) is 11.6. The van der Waals surface area contributed by atoms with Crippen LogP contribution in [0.15, 0.2) is 142 Å². The molecule has 2 heterocycles. The topological polar surface area (TPSA) is 26.3 Å². The van der Waals surface area contributed by atoms with E-state index in [0.29, 0.717) is 0 Å². The predicted molar refractivity (Wildman–Crippen MR) is 286 cm³/mol. The van der Waals surface area contributed by atoms with E-state index in [9.17, 15) is 0 Å². The van der Waals surface area contributed by atoms with Crippen LogP contribution in [-0.4, -0.2) is 6.88 Å². The summed E-state index contributed by atoms with van der Waals surface area (Å²) < 4.78 is 19.9. The molecule has 334 valence electrons. The molecule has 2 unspecified atom stereocenters. The Morgan fingerprint density at radius 2 is 0.742 bits per heavy atom. The fraction of sp³-hybridized carbons (Fsp3) is 0.200. The second kappa shape index (κ2) is 17.6. The van der Waals surface area contributed by atoms with Crippen molar-refractivity contribution in [1.82, 2.24) is 0 Å². The van der Waals surface area contributed by atoms with Gasteiger partial charge in [-0.2, -0.15) is 0 Å². The molecule has 8 aromatic rings. The molecule has 0 aliphatic heterocycles. The van der Waals surface area contributed by atoms with Gasteiger partial charge in [-0.1, -0.05) is 0 Å². The first kappa shape index (κ1) is 47.5. The Bertz CT molecular complexity index is 3080. The van der Waals surface area contributed by atoms with Crippen LogP contribution in [-0.2, 0) is 17.4 Å². The second-order valence-electron chi connectivity index (χ2n) is 20.2. The molecule has 0 saturated heterocycles. The van der Waals surface area contributed by atoms with Crippen LogP contribution >= 0.6 is 24.8 Å². The smallest absolute Gasteiger partial charge is 0.147 e. The van der Waals surface area contributed by atoms with Crippen molar-refractivity contribution in [3.8, 4) is 44.9 Å². The van der Waals surface area contributed by atoms with Gasteiger partial charge in [0, 0.05) is 0 Å². The summed E-state index contributed by atoms with van der Waals surface area (Å²) in [6.45, 7) is 20.5. The summed E-state index contributed by atoms with van der Waals surface area (Å²) in [4.78, 5) is 0. The number of allylic oxidation sites excluding steroid dienone is 2. The molecule has 0 radical (unpaired) electrons. The molecule has 2 aromatic heterocycles. The molecular formula is C60H60Cl2O2SiZr. The first-order valence-electron chi connectivity index (χ1n) is 22.8. The van der Waals surface area contributed by atoms with Gasteiger partial charge in [-0.15, -0.1) is 24.8 Å². The zero-order chi connectivity index (χ0) is 44.8. The van der Waals surface area contributed by atoms with Crippen LogP contribution < -0.4 is 0 Å². The van der Waals surface area contributed by atoms with Crippen LogP contribution in [0.5, 0.6) is 0 Å². The van der Waals surface area contributed by atoms with E-state index in [1.807, 2.05) is 0 Å². The number of benzene rings is 6. The van der Waals surface area contributed by atoms with E-state index in [0.717, 1.165) is 34.2 Å². The van der Waals surface area contributed by atoms with Crippen molar-refractivity contribution in [3.05, 3.63) is 212 Å². The van der Waals surface area contributed by atoms with Crippen molar-refractivity contribution < 1.29 is 26.2 Å². The van der Waals surface area contributed by atoms with Crippen LogP contribution in [0.4, 0.5) is 0 Å². The molecule has 2 nitrogen and oxygen atoms in total. The van der Waals surface area contributed by atoms with Crippen molar-refractivity contribution >= 4 is 55.0 Å². The van der Waals surface area contributed by atoms with Gasteiger partial charge < -0.3 is 0 Å². The number of halogens is 2. The molecule has 2 aliphatic rings. The second-order valence-corrected chi connectivity index (χ2v) is 50.7. The predicted octanol–water partition coefficient (Wildman–Crippen LogP) is 17.1. The van der Waals surface area contributed by atoms with E-state index in [1.54, 1.807) is 0 Å². The minimum Gasteiger partial charge on any atom is -0.147 e. The van der Waals surface area contributed by atoms with Crippen molar-refractivity contribution in [1.29, 1.82) is 0 Å². The van der Waals surface area contributed by atoms with E-state index in [1.165, 1.54) is 100 Å². The van der Waals surface area contributed by atoms with Gasteiger partial charge in [-0.25, -0.2) is 0 Å². The molecule has 66 heavy (non-hydrogen) atoms. The fourth-order valence-corrected chi connectivity index (χ4v) is 30.0. The normalized spacial score (nSPS) is 15.4. The molecule has 2 aliphatic carbocycles. The summed E-state index contributed by atoms with van der Waals surface area (Å²) in [5.74, 6) is 3.71. The van der Waals surface area contributed by atoms with Crippen molar-refractivity contribution in [2.45, 2.75) is 71.9 Å². The molecular weight excluding hydrogens is 943 g/mol. The van der Waals surface area contributed by atoms with Gasteiger partial charge in [-0.05, 0) is 0 Å². The SMILES string of the molecule is Cc1cc(C)cc(-c2c(C)c(C)cc3c2C=C(c2ccc(-c4ccccc4)o2)[CH]3[Zr]([CH3])([CH3])(=[SiH2])[CH]2C(c3ccc(-c4ccccc4)o3)=Cc3c2cc(C)c(C)c3-c2cc(C)cc(C)c2)c1.Cl.Cl. The first-order valence-corrected chi connectivity index (χ1v) is 36.5. The molecule has 0 fully saturated rings. The number of aryl methyl sites for hydroxylation is 6. The third-order valence-electron chi connectivity index (χ3n) is 14.5. The zero-order valence-electron chi connectivity index (χ0n) is 39.9. The maximum Gasteiger partial charge on any atom is -0.147 e.